The summed E-state index contributed by atoms with van der Waals surface area (Å²) in [5, 5.41) is 3.76. The zero-order valence-electron chi connectivity index (χ0n) is 9.46. The second-order valence-corrected chi connectivity index (χ2v) is 4.62. The Hall–Kier alpha value is -1.06. The molecule has 1 fully saturated rings. The maximum Gasteiger partial charge on any atom is 0.254 e. The van der Waals surface area contributed by atoms with E-state index in [2.05, 4.69) is 5.32 Å². The summed E-state index contributed by atoms with van der Waals surface area (Å²) >= 11 is 5.91. The van der Waals surface area contributed by atoms with Gasteiger partial charge in [-0.05, 0) is 24.6 Å². The Balaban J connectivity index is 2.22. The van der Waals surface area contributed by atoms with E-state index in [0.29, 0.717) is 16.6 Å². The first kappa shape index (κ1) is 11.4. The fourth-order valence-electron chi connectivity index (χ4n) is 1.73. The summed E-state index contributed by atoms with van der Waals surface area (Å²) in [4.78, 5) is 14.0. The third kappa shape index (κ3) is 2.06. The second kappa shape index (κ2) is 4.44. The number of hydrogen-bond acceptors (Lipinski definition) is 2. The largest absolute Gasteiger partial charge is 0.336 e. The van der Waals surface area contributed by atoms with Gasteiger partial charge in [0.05, 0.1) is 6.04 Å². The van der Waals surface area contributed by atoms with Crippen LogP contribution in [0.5, 0.6) is 0 Å². The van der Waals surface area contributed by atoms with Crippen molar-refractivity contribution in [3.05, 3.63) is 34.3 Å². The Labute approximate surface area is 100 Å². The highest BCUT2D eigenvalue weighted by Crippen LogP contribution is 2.18. The Morgan fingerprint density at radius 1 is 1.50 bits per heavy atom. The standard InChI is InChI=1S/C12H15ClN2O/c1-8-3-4-9(13)5-11(8)12(16)15(2)10-6-14-7-10/h3-5,10,14H,6-7H2,1-2H3. The number of carbonyl (C=O) groups is 1. The van der Waals surface area contributed by atoms with E-state index in [9.17, 15) is 4.79 Å². The van der Waals surface area contributed by atoms with Crippen LogP contribution >= 0.6 is 11.6 Å². The van der Waals surface area contributed by atoms with Crippen LogP contribution in [0.2, 0.25) is 5.02 Å². The van der Waals surface area contributed by atoms with Crippen molar-refractivity contribution in [2.45, 2.75) is 13.0 Å². The van der Waals surface area contributed by atoms with Gasteiger partial charge in [-0.15, -0.1) is 0 Å². The van der Waals surface area contributed by atoms with Gasteiger partial charge in [0.25, 0.3) is 5.91 Å². The summed E-state index contributed by atoms with van der Waals surface area (Å²) in [6, 6.07) is 5.73. The van der Waals surface area contributed by atoms with Gasteiger partial charge in [0.2, 0.25) is 0 Å². The van der Waals surface area contributed by atoms with E-state index in [4.69, 9.17) is 11.6 Å². The molecule has 4 heteroatoms. The van der Waals surface area contributed by atoms with E-state index in [1.807, 2.05) is 20.0 Å². The molecule has 1 aliphatic heterocycles. The van der Waals surface area contributed by atoms with Crippen LogP contribution in [0.1, 0.15) is 15.9 Å². The van der Waals surface area contributed by atoms with Crippen LogP contribution in [0.4, 0.5) is 0 Å². The maximum atomic E-state index is 12.2. The molecule has 0 spiro atoms. The number of carbonyl (C=O) groups excluding carboxylic acids is 1. The van der Waals surface area contributed by atoms with Gasteiger partial charge in [0, 0.05) is 30.7 Å². The molecule has 1 N–H and O–H groups in total. The van der Waals surface area contributed by atoms with E-state index in [1.54, 1.807) is 17.0 Å². The number of hydrogen-bond donors (Lipinski definition) is 1. The minimum Gasteiger partial charge on any atom is -0.336 e. The van der Waals surface area contributed by atoms with Crippen LogP contribution in [0, 0.1) is 6.92 Å². The molecule has 1 heterocycles. The second-order valence-electron chi connectivity index (χ2n) is 4.19. The van der Waals surface area contributed by atoms with Gasteiger partial charge in [-0.3, -0.25) is 4.79 Å². The minimum atomic E-state index is 0.0477. The molecule has 3 nitrogen and oxygen atoms in total. The zero-order chi connectivity index (χ0) is 11.7. The van der Waals surface area contributed by atoms with Gasteiger partial charge >= 0.3 is 0 Å². The van der Waals surface area contributed by atoms with Crippen molar-refractivity contribution in [2.75, 3.05) is 20.1 Å². The van der Waals surface area contributed by atoms with Crippen molar-refractivity contribution in [3.8, 4) is 0 Å². The van der Waals surface area contributed by atoms with Crippen molar-refractivity contribution in [3.63, 3.8) is 0 Å². The number of nitrogens with zero attached hydrogens (tertiary/aromatic N) is 1. The van der Waals surface area contributed by atoms with Crippen LogP contribution in [0.3, 0.4) is 0 Å². The number of aryl methyl sites for hydroxylation is 1. The Kier molecular flexibility index (Phi) is 3.17. The molecule has 0 atom stereocenters. The SMILES string of the molecule is Cc1ccc(Cl)cc1C(=O)N(C)C1CNC1. The number of likely N-dealkylation sites (N-methyl/N-ethyl adjacent to an activating group) is 1. The fourth-order valence-corrected chi connectivity index (χ4v) is 1.90. The van der Waals surface area contributed by atoms with Crippen molar-refractivity contribution in [1.82, 2.24) is 10.2 Å². The summed E-state index contributed by atoms with van der Waals surface area (Å²) < 4.78 is 0. The molecule has 86 valence electrons. The Bertz CT molecular complexity index is 415. The number of amides is 1. The number of halogens is 1. The van der Waals surface area contributed by atoms with Crippen LogP contribution in [0.15, 0.2) is 18.2 Å². The molecular formula is C12H15ClN2O. The third-order valence-electron chi connectivity index (χ3n) is 3.06. The lowest BCUT2D eigenvalue weighted by Crippen LogP contribution is -2.57. The van der Waals surface area contributed by atoms with E-state index >= 15 is 0 Å². The van der Waals surface area contributed by atoms with Gasteiger partial charge in [0.1, 0.15) is 0 Å². The molecule has 0 bridgehead atoms. The lowest BCUT2D eigenvalue weighted by molar-refractivity contribution is 0.0680. The summed E-state index contributed by atoms with van der Waals surface area (Å²) in [5.74, 6) is 0.0477. The summed E-state index contributed by atoms with van der Waals surface area (Å²) in [6.07, 6.45) is 0. The van der Waals surface area contributed by atoms with E-state index in [1.165, 1.54) is 0 Å². The highest BCUT2D eigenvalue weighted by molar-refractivity contribution is 6.31. The van der Waals surface area contributed by atoms with Gasteiger partial charge in [-0.25, -0.2) is 0 Å². The molecule has 0 aromatic heterocycles. The monoisotopic (exact) mass is 238 g/mol. The van der Waals surface area contributed by atoms with Crippen molar-refractivity contribution < 1.29 is 4.79 Å². The summed E-state index contributed by atoms with van der Waals surface area (Å²) in [7, 11) is 1.84. The number of benzene rings is 1. The van der Waals surface area contributed by atoms with Gasteiger partial charge < -0.3 is 10.2 Å². The molecule has 1 aliphatic rings. The first-order valence-corrected chi connectivity index (χ1v) is 5.71. The first-order valence-electron chi connectivity index (χ1n) is 5.33. The predicted molar refractivity (Wildman–Crippen MR) is 64.9 cm³/mol. The lowest BCUT2D eigenvalue weighted by Gasteiger charge is -2.35. The lowest BCUT2D eigenvalue weighted by atomic mass is 10.1. The molecule has 0 aliphatic carbocycles. The van der Waals surface area contributed by atoms with Crippen molar-refractivity contribution in [2.24, 2.45) is 0 Å². The number of nitrogens with one attached hydrogen (secondary N) is 1. The average molecular weight is 239 g/mol. The van der Waals surface area contributed by atoms with Gasteiger partial charge in [0.15, 0.2) is 0 Å². The normalized spacial score (nSPS) is 15.7. The average Bonchev–Trinajstić information content (AvgIpc) is 2.18. The molecule has 0 radical (unpaired) electrons. The molecule has 16 heavy (non-hydrogen) atoms. The topological polar surface area (TPSA) is 32.3 Å². The van der Waals surface area contributed by atoms with Crippen LogP contribution < -0.4 is 5.32 Å². The minimum absolute atomic E-state index is 0.0477. The molecule has 1 aromatic rings. The zero-order valence-corrected chi connectivity index (χ0v) is 10.2. The number of rotatable bonds is 2. The molecule has 2 rings (SSSR count). The van der Waals surface area contributed by atoms with Crippen molar-refractivity contribution >= 4 is 17.5 Å². The molecule has 0 saturated carbocycles. The predicted octanol–water partition coefficient (Wildman–Crippen LogP) is 1.69. The fraction of sp³-hybridized carbons (Fsp3) is 0.417. The quantitative estimate of drug-likeness (QED) is 0.851. The van der Waals surface area contributed by atoms with Crippen LogP contribution in [0.25, 0.3) is 0 Å². The van der Waals surface area contributed by atoms with E-state index in [0.717, 1.165) is 18.7 Å². The highest BCUT2D eigenvalue weighted by Gasteiger charge is 2.26. The summed E-state index contributed by atoms with van der Waals surface area (Å²) in [6.45, 7) is 3.68. The maximum absolute atomic E-state index is 12.2. The van der Waals surface area contributed by atoms with Gasteiger partial charge in [-0.2, -0.15) is 0 Å². The van der Waals surface area contributed by atoms with Gasteiger partial charge in [-0.1, -0.05) is 17.7 Å². The molecule has 1 saturated heterocycles. The van der Waals surface area contributed by atoms with E-state index < -0.39 is 0 Å². The van der Waals surface area contributed by atoms with Crippen molar-refractivity contribution in [1.29, 1.82) is 0 Å². The molecule has 1 amide bonds. The summed E-state index contributed by atoms with van der Waals surface area (Å²) in [5.41, 5.74) is 1.66. The Morgan fingerprint density at radius 3 is 2.75 bits per heavy atom. The van der Waals surface area contributed by atoms with E-state index in [-0.39, 0.29) is 5.91 Å². The van der Waals surface area contributed by atoms with Crippen LogP contribution in [-0.4, -0.2) is 37.0 Å². The molecular weight excluding hydrogens is 224 g/mol. The van der Waals surface area contributed by atoms with Crippen LogP contribution in [-0.2, 0) is 0 Å². The Morgan fingerprint density at radius 2 is 2.19 bits per heavy atom. The molecule has 0 unspecified atom stereocenters. The third-order valence-corrected chi connectivity index (χ3v) is 3.29. The first-order chi connectivity index (χ1) is 7.59. The smallest absolute Gasteiger partial charge is 0.254 e. The molecule has 1 aromatic carbocycles. The highest BCUT2D eigenvalue weighted by atomic mass is 35.5.